The number of nitrogens with zero attached hydrogens (tertiary/aromatic N) is 2. The number of hydrogen-bond donors (Lipinski definition) is 1. The maximum absolute atomic E-state index is 4.76. The fourth-order valence-corrected chi connectivity index (χ4v) is 5.04. The number of anilines is 1. The van der Waals surface area contributed by atoms with Gasteiger partial charge in [-0.05, 0) is 61.0 Å². The first-order valence-corrected chi connectivity index (χ1v) is 10.4. The standard InChI is InChI=1S/C22H17N3S2/c1-14-6-11-18-20(12-14)27-22(25-18)15-7-9-16(10-8-15)23-13-21-24-17-4-2-3-5-19(17)26-21/h2-12,23H,13H2,1H3. The second kappa shape index (κ2) is 6.76. The van der Waals surface area contributed by atoms with Gasteiger partial charge in [0.25, 0.3) is 0 Å². The van der Waals surface area contributed by atoms with Crippen molar-refractivity contribution in [3.8, 4) is 10.6 Å². The number of hydrogen-bond acceptors (Lipinski definition) is 5. The van der Waals surface area contributed by atoms with Crippen LogP contribution in [0.5, 0.6) is 0 Å². The fraction of sp³-hybridized carbons (Fsp3) is 0.0909. The van der Waals surface area contributed by atoms with Crippen LogP contribution in [-0.2, 0) is 6.54 Å². The predicted molar refractivity (Wildman–Crippen MR) is 117 cm³/mol. The smallest absolute Gasteiger partial charge is 0.124 e. The molecule has 0 radical (unpaired) electrons. The van der Waals surface area contributed by atoms with Gasteiger partial charge in [0.05, 0.1) is 27.0 Å². The topological polar surface area (TPSA) is 37.8 Å². The molecule has 0 spiro atoms. The summed E-state index contributed by atoms with van der Waals surface area (Å²) in [7, 11) is 0. The van der Waals surface area contributed by atoms with Gasteiger partial charge in [0.15, 0.2) is 0 Å². The lowest BCUT2D eigenvalue weighted by atomic mass is 10.2. The zero-order valence-electron chi connectivity index (χ0n) is 14.8. The summed E-state index contributed by atoms with van der Waals surface area (Å²) in [6.45, 7) is 2.85. The van der Waals surface area contributed by atoms with Crippen molar-refractivity contribution in [1.29, 1.82) is 0 Å². The monoisotopic (exact) mass is 387 g/mol. The number of aryl methyl sites for hydroxylation is 1. The van der Waals surface area contributed by atoms with Gasteiger partial charge in [-0.2, -0.15) is 0 Å². The molecule has 27 heavy (non-hydrogen) atoms. The molecule has 0 bridgehead atoms. The van der Waals surface area contributed by atoms with E-state index in [9.17, 15) is 0 Å². The second-order valence-electron chi connectivity index (χ2n) is 6.50. The highest BCUT2D eigenvalue weighted by molar-refractivity contribution is 7.21. The average molecular weight is 388 g/mol. The highest BCUT2D eigenvalue weighted by atomic mass is 32.1. The minimum Gasteiger partial charge on any atom is -0.379 e. The molecule has 0 unspecified atom stereocenters. The minimum atomic E-state index is 0.735. The van der Waals surface area contributed by atoms with E-state index in [0.29, 0.717) is 0 Å². The van der Waals surface area contributed by atoms with E-state index < -0.39 is 0 Å². The third-order valence-corrected chi connectivity index (χ3v) is 6.56. The normalized spacial score (nSPS) is 11.3. The van der Waals surface area contributed by atoms with Crippen LogP contribution >= 0.6 is 22.7 Å². The largest absolute Gasteiger partial charge is 0.379 e. The summed E-state index contributed by atoms with van der Waals surface area (Å²) in [5.74, 6) is 0. The molecule has 2 heterocycles. The number of fused-ring (bicyclic) bond motifs is 2. The molecule has 5 aromatic rings. The third-order valence-electron chi connectivity index (χ3n) is 4.46. The molecule has 3 nitrogen and oxygen atoms in total. The van der Waals surface area contributed by atoms with Crippen molar-refractivity contribution in [3.63, 3.8) is 0 Å². The number of benzene rings is 3. The van der Waals surface area contributed by atoms with Crippen molar-refractivity contribution >= 4 is 48.8 Å². The van der Waals surface area contributed by atoms with Gasteiger partial charge in [-0.1, -0.05) is 18.2 Å². The van der Waals surface area contributed by atoms with E-state index >= 15 is 0 Å². The Kier molecular flexibility index (Phi) is 4.11. The summed E-state index contributed by atoms with van der Waals surface area (Å²) >= 11 is 3.48. The molecule has 0 aliphatic carbocycles. The molecule has 0 fully saturated rings. The van der Waals surface area contributed by atoms with Crippen LogP contribution < -0.4 is 5.32 Å². The third kappa shape index (κ3) is 3.31. The van der Waals surface area contributed by atoms with E-state index in [0.717, 1.165) is 38.8 Å². The molecule has 5 heteroatoms. The summed E-state index contributed by atoms with van der Waals surface area (Å²) in [6, 6.07) is 23.1. The Morgan fingerprint density at radius 3 is 2.48 bits per heavy atom. The van der Waals surface area contributed by atoms with Gasteiger partial charge in [0, 0.05) is 11.3 Å². The molecule has 5 rings (SSSR count). The molecular formula is C22H17N3S2. The fourth-order valence-electron chi connectivity index (χ4n) is 3.06. The molecular weight excluding hydrogens is 370 g/mol. The van der Waals surface area contributed by atoms with Crippen molar-refractivity contribution in [2.75, 3.05) is 5.32 Å². The number of para-hydroxylation sites is 1. The quantitative estimate of drug-likeness (QED) is 0.383. The Morgan fingerprint density at radius 2 is 1.63 bits per heavy atom. The lowest BCUT2D eigenvalue weighted by Crippen LogP contribution is -1.98. The van der Waals surface area contributed by atoms with E-state index in [2.05, 4.69) is 77.9 Å². The average Bonchev–Trinajstić information content (AvgIpc) is 3.30. The second-order valence-corrected chi connectivity index (χ2v) is 8.64. The molecule has 3 aromatic carbocycles. The summed E-state index contributed by atoms with van der Waals surface area (Å²) in [5.41, 5.74) is 5.65. The summed E-state index contributed by atoms with van der Waals surface area (Å²) in [4.78, 5) is 9.43. The SMILES string of the molecule is Cc1ccc2nc(-c3ccc(NCc4nc5ccccc5s4)cc3)sc2c1. The lowest BCUT2D eigenvalue weighted by molar-refractivity contribution is 1.12. The van der Waals surface area contributed by atoms with Gasteiger partial charge in [-0.15, -0.1) is 22.7 Å². The van der Waals surface area contributed by atoms with Crippen LogP contribution in [0.2, 0.25) is 0 Å². The first-order chi connectivity index (χ1) is 13.2. The van der Waals surface area contributed by atoms with Crippen LogP contribution in [0, 0.1) is 6.92 Å². The first kappa shape index (κ1) is 16.4. The molecule has 1 N–H and O–H groups in total. The van der Waals surface area contributed by atoms with Crippen LogP contribution in [0.1, 0.15) is 10.6 Å². The van der Waals surface area contributed by atoms with Crippen molar-refractivity contribution in [1.82, 2.24) is 9.97 Å². The Morgan fingerprint density at radius 1 is 0.815 bits per heavy atom. The van der Waals surface area contributed by atoms with Crippen molar-refractivity contribution in [3.05, 3.63) is 77.3 Å². The molecule has 0 amide bonds. The van der Waals surface area contributed by atoms with E-state index in [1.54, 1.807) is 22.7 Å². The van der Waals surface area contributed by atoms with Crippen molar-refractivity contribution < 1.29 is 0 Å². The van der Waals surface area contributed by atoms with E-state index in [4.69, 9.17) is 4.98 Å². The van der Waals surface area contributed by atoms with E-state index in [1.165, 1.54) is 15.0 Å². The number of thiazole rings is 2. The van der Waals surface area contributed by atoms with E-state index in [-0.39, 0.29) is 0 Å². The van der Waals surface area contributed by atoms with Gasteiger partial charge in [-0.25, -0.2) is 9.97 Å². The van der Waals surface area contributed by atoms with Crippen molar-refractivity contribution in [2.24, 2.45) is 0 Å². The molecule has 0 atom stereocenters. The zero-order valence-corrected chi connectivity index (χ0v) is 16.4. The van der Waals surface area contributed by atoms with Gasteiger partial charge >= 0.3 is 0 Å². The highest BCUT2D eigenvalue weighted by Crippen LogP contribution is 2.31. The van der Waals surface area contributed by atoms with Gasteiger partial charge in [0.2, 0.25) is 0 Å². The number of aromatic nitrogens is 2. The minimum absolute atomic E-state index is 0.735. The lowest BCUT2D eigenvalue weighted by Gasteiger charge is -2.04. The summed E-state index contributed by atoms with van der Waals surface area (Å²) in [6.07, 6.45) is 0. The Balaban J connectivity index is 1.33. The molecule has 2 aromatic heterocycles. The Labute approximate surface area is 165 Å². The van der Waals surface area contributed by atoms with Crippen LogP contribution in [0.3, 0.4) is 0 Å². The highest BCUT2D eigenvalue weighted by Gasteiger charge is 2.07. The Bertz CT molecular complexity index is 1200. The number of rotatable bonds is 4. The van der Waals surface area contributed by atoms with Crippen molar-refractivity contribution in [2.45, 2.75) is 13.5 Å². The molecule has 0 aliphatic rings. The van der Waals surface area contributed by atoms with Crippen LogP contribution in [0.25, 0.3) is 31.0 Å². The molecule has 0 saturated heterocycles. The maximum Gasteiger partial charge on any atom is 0.124 e. The van der Waals surface area contributed by atoms with Gasteiger partial charge in [-0.3, -0.25) is 0 Å². The Hall–Kier alpha value is -2.76. The van der Waals surface area contributed by atoms with Gasteiger partial charge < -0.3 is 5.32 Å². The van der Waals surface area contributed by atoms with E-state index in [1.807, 2.05) is 6.07 Å². The van der Waals surface area contributed by atoms with Crippen LogP contribution in [0.15, 0.2) is 66.7 Å². The number of nitrogens with one attached hydrogen (secondary N) is 1. The summed E-state index contributed by atoms with van der Waals surface area (Å²) < 4.78 is 2.47. The first-order valence-electron chi connectivity index (χ1n) is 8.80. The predicted octanol–water partition coefficient (Wildman–Crippen LogP) is 6.49. The molecule has 0 saturated carbocycles. The molecule has 132 valence electrons. The zero-order chi connectivity index (χ0) is 18.2. The van der Waals surface area contributed by atoms with Crippen LogP contribution in [-0.4, -0.2) is 9.97 Å². The van der Waals surface area contributed by atoms with Gasteiger partial charge in [0.1, 0.15) is 10.0 Å². The summed E-state index contributed by atoms with van der Waals surface area (Å²) in [5, 5.41) is 5.63. The van der Waals surface area contributed by atoms with Crippen LogP contribution in [0.4, 0.5) is 5.69 Å². The molecule has 0 aliphatic heterocycles. The maximum atomic E-state index is 4.76.